The first-order valence-corrected chi connectivity index (χ1v) is 5.40. The summed E-state index contributed by atoms with van der Waals surface area (Å²) in [7, 11) is 0. The van der Waals surface area contributed by atoms with Gasteiger partial charge in [-0.2, -0.15) is 18.3 Å². The molecule has 0 unspecified atom stereocenters. The summed E-state index contributed by atoms with van der Waals surface area (Å²) in [5.41, 5.74) is 4.09. The molecule has 1 aliphatic carbocycles. The molecule has 1 saturated carbocycles. The molecular formula is C10H14F3N3. The molecule has 0 amide bonds. The Kier molecular flexibility index (Phi) is 2.82. The minimum atomic E-state index is -4.45. The van der Waals surface area contributed by atoms with Crippen LogP contribution in [0.15, 0.2) is 6.20 Å². The van der Waals surface area contributed by atoms with E-state index in [1.165, 1.54) is 10.9 Å². The Morgan fingerprint density at radius 3 is 2.38 bits per heavy atom. The number of rotatable bonds is 1. The maximum atomic E-state index is 12.5. The largest absolute Gasteiger partial charge is 0.437 e. The van der Waals surface area contributed by atoms with Gasteiger partial charge in [-0.15, -0.1) is 0 Å². The average molecular weight is 233 g/mol. The third kappa shape index (κ3) is 2.15. The quantitative estimate of drug-likeness (QED) is 0.810. The summed E-state index contributed by atoms with van der Waals surface area (Å²) < 4.78 is 38.8. The normalized spacial score (nSPS) is 18.9. The lowest BCUT2D eigenvalue weighted by Crippen LogP contribution is -2.15. The summed E-state index contributed by atoms with van der Waals surface area (Å²) in [6.07, 6.45) is 1.87. The standard InChI is InChI=1S/C10H14F3N3/c11-10(12,13)9-8(14)6-16(15-9)7-4-2-1-3-5-7/h6-7H,1-5,14H2. The first-order chi connectivity index (χ1) is 7.48. The maximum Gasteiger partial charge on any atom is 0.437 e. The Morgan fingerprint density at radius 2 is 1.88 bits per heavy atom. The van der Waals surface area contributed by atoms with Gasteiger partial charge in [0.1, 0.15) is 0 Å². The number of hydrogen-bond donors (Lipinski definition) is 1. The summed E-state index contributed by atoms with van der Waals surface area (Å²) in [6.45, 7) is 0. The van der Waals surface area contributed by atoms with E-state index in [0.717, 1.165) is 32.1 Å². The molecule has 1 aliphatic rings. The van der Waals surface area contributed by atoms with Gasteiger partial charge in [-0.3, -0.25) is 4.68 Å². The Hall–Kier alpha value is -1.20. The number of halogens is 3. The second-order valence-electron chi connectivity index (χ2n) is 4.20. The Bertz CT molecular complexity index is 364. The van der Waals surface area contributed by atoms with Crippen molar-refractivity contribution in [2.45, 2.75) is 44.3 Å². The molecule has 0 aliphatic heterocycles. The van der Waals surface area contributed by atoms with E-state index >= 15 is 0 Å². The van der Waals surface area contributed by atoms with E-state index < -0.39 is 11.9 Å². The maximum absolute atomic E-state index is 12.5. The first kappa shape index (κ1) is 11.3. The molecule has 0 bridgehead atoms. The van der Waals surface area contributed by atoms with Crippen LogP contribution in [0.5, 0.6) is 0 Å². The Morgan fingerprint density at radius 1 is 1.25 bits per heavy atom. The summed E-state index contributed by atoms with van der Waals surface area (Å²) in [6, 6.07) is 0.0761. The summed E-state index contributed by atoms with van der Waals surface area (Å²) in [5, 5.41) is 3.57. The molecule has 0 radical (unpaired) electrons. The predicted octanol–water partition coefficient (Wildman–Crippen LogP) is 2.99. The molecule has 0 saturated heterocycles. The number of nitrogens with zero attached hydrogens (tertiary/aromatic N) is 2. The van der Waals surface area contributed by atoms with Crippen molar-refractivity contribution in [1.29, 1.82) is 0 Å². The zero-order valence-corrected chi connectivity index (χ0v) is 8.80. The van der Waals surface area contributed by atoms with Crippen LogP contribution in [0.25, 0.3) is 0 Å². The lowest BCUT2D eigenvalue weighted by atomic mass is 9.96. The molecule has 0 spiro atoms. The third-order valence-electron chi connectivity index (χ3n) is 2.98. The van der Waals surface area contributed by atoms with Crippen molar-refractivity contribution in [3.8, 4) is 0 Å². The fourth-order valence-electron chi connectivity index (χ4n) is 2.16. The van der Waals surface area contributed by atoms with Gasteiger partial charge >= 0.3 is 6.18 Å². The van der Waals surface area contributed by atoms with Crippen molar-refractivity contribution in [1.82, 2.24) is 9.78 Å². The lowest BCUT2D eigenvalue weighted by Gasteiger charge is -2.21. The highest BCUT2D eigenvalue weighted by Gasteiger charge is 2.37. The van der Waals surface area contributed by atoms with E-state index in [-0.39, 0.29) is 11.7 Å². The van der Waals surface area contributed by atoms with Gasteiger partial charge in [0.15, 0.2) is 5.69 Å². The van der Waals surface area contributed by atoms with E-state index in [2.05, 4.69) is 5.10 Å². The molecule has 3 nitrogen and oxygen atoms in total. The van der Waals surface area contributed by atoms with Gasteiger partial charge in [0, 0.05) is 6.20 Å². The van der Waals surface area contributed by atoms with E-state index in [4.69, 9.17) is 5.73 Å². The van der Waals surface area contributed by atoms with Crippen LogP contribution in [0, 0.1) is 0 Å². The van der Waals surface area contributed by atoms with Crippen molar-refractivity contribution >= 4 is 5.69 Å². The molecule has 6 heteroatoms. The van der Waals surface area contributed by atoms with Gasteiger partial charge < -0.3 is 5.73 Å². The number of nitrogens with two attached hydrogens (primary N) is 1. The van der Waals surface area contributed by atoms with Gasteiger partial charge in [0.25, 0.3) is 0 Å². The third-order valence-corrected chi connectivity index (χ3v) is 2.98. The van der Waals surface area contributed by atoms with Gasteiger partial charge in [0.05, 0.1) is 11.7 Å². The van der Waals surface area contributed by atoms with Gasteiger partial charge in [-0.25, -0.2) is 0 Å². The minimum absolute atomic E-state index is 0.0761. The summed E-state index contributed by atoms with van der Waals surface area (Å²) >= 11 is 0. The van der Waals surface area contributed by atoms with Crippen LogP contribution in [-0.2, 0) is 6.18 Å². The molecule has 90 valence electrons. The van der Waals surface area contributed by atoms with Gasteiger partial charge in [0.2, 0.25) is 0 Å². The van der Waals surface area contributed by atoms with Crippen LogP contribution in [0.4, 0.5) is 18.9 Å². The van der Waals surface area contributed by atoms with E-state index in [1.807, 2.05) is 0 Å². The van der Waals surface area contributed by atoms with Crippen LogP contribution in [0.2, 0.25) is 0 Å². The number of hydrogen-bond acceptors (Lipinski definition) is 2. The fraction of sp³-hybridized carbons (Fsp3) is 0.700. The first-order valence-electron chi connectivity index (χ1n) is 5.40. The van der Waals surface area contributed by atoms with Crippen molar-refractivity contribution in [2.75, 3.05) is 5.73 Å². The average Bonchev–Trinajstić information content (AvgIpc) is 2.61. The van der Waals surface area contributed by atoms with Crippen LogP contribution in [-0.4, -0.2) is 9.78 Å². The topological polar surface area (TPSA) is 43.8 Å². The molecule has 16 heavy (non-hydrogen) atoms. The highest BCUT2D eigenvalue weighted by Crippen LogP contribution is 2.34. The van der Waals surface area contributed by atoms with E-state index in [0.29, 0.717) is 0 Å². The Balaban J connectivity index is 2.23. The highest BCUT2D eigenvalue weighted by atomic mass is 19.4. The number of anilines is 1. The second kappa shape index (κ2) is 3.99. The van der Waals surface area contributed by atoms with Crippen molar-refractivity contribution in [3.63, 3.8) is 0 Å². The lowest BCUT2D eigenvalue weighted by molar-refractivity contribution is -0.140. The van der Waals surface area contributed by atoms with Crippen LogP contribution in [0.1, 0.15) is 43.8 Å². The molecule has 0 aromatic carbocycles. The number of alkyl halides is 3. The van der Waals surface area contributed by atoms with Crippen molar-refractivity contribution in [2.24, 2.45) is 0 Å². The smallest absolute Gasteiger partial charge is 0.396 e. The molecule has 1 heterocycles. The summed E-state index contributed by atoms with van der Waals surface area (Å²) in [4.78, 5) is 0. The molecular weight excluding hydrogens is 219 g/mol. The highest BCUT2D eigenvalue weighted by molar-refractivity contribution is 5.42. The molecule has 1 fully saturated rings. The zero-order valence-electron chi connectivity index (χ0n) is 8.80. The fourth-order valence-corrected chi connectivity index (χ4v) is 2.16. The predicted molar refractivity (Wildman–Crippen MR) is 53.8 cm³/mol. The van der Waals surface area contributed by atoms with E-state index in [9.17, 15) is 13.2 Å². The van der Waals surface area contributed by atoms with E-state index in [1.54, 1.807) is 0 Å². The molecule has 0 atom stereocenters. The monoisotopic (exact) mass is 233 g/mol. The molecule has 1 aromatic heterocycles. The minimum Gasteiger partial charge on any atom is -0.396 e. The number of nitrogen functional groups attached to an aromatic ring is 1. The molecule has 1 aromatic rings. The molecule has 2 rings (SSSR count). The second-order valence-corrected chi connectivity index (χ2v) is 4.20. The van der Waals surface area contributed by atoms with Gasteiger partial charge in [-0.05, 0) is 12.8 Å². The van der Waals surface area contributed by atoms with Gasteiger partial charge in [-0.1, -0.05) is 19.3 Å². The molecule has 2 N–H and O–H groups in total. The zero-order chi connectivity index (χ0) is 11.8. The Labute approximate surface area is 91.4 Å². The number of aromatic nitrogens is 2. The van der Waals surface area contributed by atoms with Crippen molar-refractivity contribution < 1.29 is 13.2 Å². The summed E-state index contributed by atoms with van der Waals surface area (Å²) in [5.74, 6) is 0. The van der Waals surface area contributed by atoms with Crippen LogP contribution >= 0.6 is 0 Å². The van der Waals surface area contributed by atoms with Crippen molar-refractivity contribution in [3.05, 3.63) is 11.9 Å². The van der Waals surface area contributed by atoms with Crippen LogP contribution < -0.4 is 5.73 Å². The SMILES string of the molecule is Nc1cn(C2CCCCC2)nc1C(F)(F)F. The van der Waals surface area contributed by atoms with Crippen LogP contribution in [0.3, 0.4) is 0 Å².